The Hall–Kier alpha value is -1.78. The monoisotopic (exact) mass is 544 g/mol. The Morgan fingerprint density at radius 1 is 1.09 bits per heavy atom. The lowest BCUT2D eigenvalue weighted by Crippen LogP contribution is -2.44. The van der Waals surface area contributed by atoms with Crippen LogP contribution in [0.5, 0.6) is 0 Å². The van der Waals surface area contributed by atoms with Crippen molar-refractivity contribution in [2.45, 2.75) is 36.0 Å². The number of amides is 1. The molecule has 34 heavy (non-hydrogen) atoms. The van der Waals surface area contributed by atoms with Crippen molar-refractivity contribution in [3.05, 3.63) is 57.6 Å². The molecule has 0 saturated carbocycles. The fourth-order valence-corrected chi connectivity index (χ4v) is 5.24. The maximum Gasteiger partial charge on any atom is 0.405 e. The van der Waals surface area contributed by atoms with E-state index in [0.29, 0.717) is 16.1 Å². The minimum Gasteiger partial charge on any atom is -0.370 e. The van der Waals surface area contributed by atoms with Gasteiger partial charge in [0.15, 0.2) is 0 Å². The number of alkyl halides is 6. The molecule has 3 nitrogen and oxygen atoms in total. The van der Waals surface area contributed by atoms with Gasteiger partial charge in [-0.1, -0.05) is 23.2 Å². The van der Waals surface area contributed by atoms with Gasteiger partial charge in [-0.05, 0) is 60.9 Å². The summed E-state index contributed by atoms with van der Waals surface area (Å²) in [6, 6.07) is 8.95. The van der Waals surface area contributed by atoms with Gasteiger partial charge in [-0.15, -0.1) is 11.8 Å². The molecule has 1 fully saturated rings. The smallest absolute Gasteiger partial charge is 0.370 e. The third-order valence-corrected chi connectivity index (χ3v) is 7.21. The number of anilines is 1. The quantitative estimate of drug-likeness (QED) is 0.321. The van der Waals surface area contributed by atoms with Crippen molar-refractivity contribution in [1.29, 1.82) is 0 Å². The van der Waals surface area contributed by atoms with E-state index in [9.17, 15) is 31.1 Å². The number of rotatable bonds is 6. The maximum atomic E-state index is 14.3. The van der Waals surface area contributed by atoms with Crippen LogP contribution in [0, 0.1) is 6.92 Å². The second-order valence-corrected chi connectivity index (χ2v) is 9.93. The molecule has 1 aliphatic heterocycles. The molecule has 12 heteroatoms. The number of nitrogens with zero attached hydrogens (tertiary/aromatic N) is 1. The topological polar surface area (TPSA) is 32.3 Å². The average Bonchev–Trinajstić information content (AvgIpc) is 3.17. The van der Waals surface area contributed by atoms with Gasteiger partial charge in [0.05, 0.1) is 5.75 Å². The molecule has 1 N–H and O–H groups in total. The fraction of sp³-hybridized carbons (Fsp3) is 0.409. The lowest BCUT2D eigenvalue weighted by Gasteiger charge is -2.33. The molecule has 3 rings (SSSR count). The van der Waals surface area contributed by atoms with Crippen LogP contribution < -0.4 is 10.2 Å². The summed E-state index contributed by atoms with van der Waals surface area (Å²) < 4.78 is 79.5. The minimum atomic E-state index is -4.54. The number of hydrogen-bond donors (Lipinski definition) is 1. The van der Waals surface area contributed by atoms with E-state index in [-0.39, 0.29) is 40.9 Å². The molecule has 0 radical (unpaired) electrons. The number of nitrogens with one attached hydrogen (secondary N) is 1. The zero-order valence-corrected chi connectivity index (χ0v) is 20.1. The Morgan fingerprint density at radius 2 is 1.74 bits per heavy atom. The van der Waals surface area contributed by atoms with Crippen molar-refractivity contribution in [2.24, 2.45) is 0 Å². The van der Waals surface area contributed by atoms with Crippen molar-refractivity contribution < 1.29 is 31.1 Å². The minimum absolute atomic E-state index is 0.00812. The first kappa shape index (κ1) is 26.8. The zero-order chi connectivity index (χ0) is 25.3. The SMILES string of the molecule is Cc1cc(N2CCC(c3cc(Cl)cc(Cl)c3)(C(F)(F)F)C2)ccc1SCC(=O)NCC(F)(F)F. The number of carbonyl (C=O) groups excluding carboxylic acids is 1. The van der Waals surface area contributed by atoms with Crippen LogP contribution in [0.4, 0.5) is 32.0 Å². The summed E-state index contributed by atoms with van der Waals surface area (Å²) in [6.07, 6.45) is -9.21. The molecule has 2 aromatic rings. The molecule has 0 spiro atoms. The van der Waals surface area contributed by atoms with E-state index in [4.69, 9.17) is 23.2 Å². The van der Waals surface area contributed by atoms with Crippen LogP contribution in [0.1, 0.15) is 17.5 Å². The summed E-state index contributed by atoms with van der Waals surface area (Å²) in [6.45, 7) is 0.149. The second-order valence-electron chi connectivity index (χ2n) is 8.04. The fourth-order valence-electron chi connectivity index (χ4n) is 3.88. The maximum absolute atomic E-state index is 14.3. The molecule has 186 valence electrons. The molecule has 0 aliphatic carbocycles. The Labute approximate surface area is 206 Å². The van der Waals surface area contributed by atoms with Crippen LogP contribution >= 0.6 is 35.0 Å². The highest BCUT2D eigenvalue weighted by molar-refractivity contribution is 8.00. The number of halogens is 8. The van der Waals surface area contributed by atoms with E-state index in [1.54, 1.807) is 35.3 Å². The van der Waals surface area contributed by atoms with Crippen LogP contribution in [0.2, 0.25) is 10.0 Å². The largest absolute Gasteiger partial charge is 0.405 e. The summed E-state index contributed by atoms with van der Waals surface area (Å²) in [7, 11) is 0. The first-order valence-corrected chi connectivity index (χ1v) is 11.8. The predicted octanol–water partition coefficient (Wildman–Crippen LogP) is 6.78. The van der Waals surface area contributed by atoms with Gasteiger partial charge in [-0.25, -0.2) is 0 Å². The lowest BCUT2D eigenvalue weighted by molar-refractivity contribution is -0.184. The molecule has 2 aromatic carbocycles. The highest BCUT2D eigenvalue weighted by Crippen LogP contribution is 2.49. The Kier molecular flexibility index (Phi) is 7.94. The summed E-state index contributed by atoms with van der Waals surface area (Å²) in [4.78, 5) is 13.9. The molecule has 0 aromatic heterocycles. The van der Waals surface area contributed by atoms with E-state index in [2.05, 4.69) is 0 Å². The van der Waals surface area contributed by atoms with E-state index < -0.39 is 30.2 Å². The number of aryl methyl sites for hydroxylation is 1. The molecular weight excluding hydrogens is 525 g/mol. The van der Waals surface area contributed by atoms with Crippen molar-refractivity contribution in [3.8, 4) is 0 Å². The molecule has 0 bridgehead atoms. The van der Waals surface area contributed by atoms with Gasteiger partial charge in [-0.2, -0.15) is 26.3 Å². The number of carbonyl (C=O) groups is 1. The molecule has 1 aliphatic rings. The zero-order valence-electron chi connectivity index (χ0n) is 17.8. The van der Waals surface area contributed by atoms with Gasteiger partial charge in [0.1, 0.15) is 12.0 Å². The van der Waals surface area contributed by atoms with E-state index in [1.807, 2.05) is 0 Å². The molecule has 1 heterocycles. The van der Waals surface area contributed by atoms with Gasteiger partial charge >= 0.3 is 12.4 Å². The van der Waals surface area contributed by atoms with E-state index >= 15 is 0 Å². The van der Waals surface area contributed by atoms with Crippen molar-refractivity contribution in [3.63, 3.8) is 0 Å². The lowest BCUT2D eigenvalue weighted by atomic mass is 9.79. The van der Waals surface area contributed by atoms with E-state index in [0.717, 1.165) is 11.8 Å². The Balaban J connectivity index is 1.74. The molecule has 1 saturated heterocycles. The average molecular weight is 545 g/mol. The summed E-state index contributed by atoms with van der Waals surface area (Å²) in [5, 5.41) is 2.05. The molecule has 1 amide bonds. The summed E-state index contributed by atoms with van der Waals surface area (Å²) in [5.41, 5.74) is -0.864. The predicted molar refractivity (Wildman–Crippen MR) is 122 cm³/mol. The van der Waals surface area contributed by atoms with Crippen molar-refractivity contribution in [1.82, 2.24) is 5.32 Å². The van der Waals surface area contributed by atoms with Crippen molar-refractivity contribution >= 4 is 46.6 Å². The van der Waals surface area contributed by atoms with Crippen molar-refractivity contribution in [2.75, 3.05) is 30.3 Å². The van der Waals surface area contributed by atoms with Gasteiger partial charge in [-0.3, -0.25) is 4.79 Å². The Bertz CT molecular complexity index is 1040. The van der Waals surface area contributed by atoms with Gasteiger partial charge in [0, 0.05) is 33.7 Å². The van der Waals surface area contributed by atoms with Crippen LogP contribution in [0.3, 0.4) is 0 Å². The summed E-state index contributed by atoms with van der Waals surface area (Å²) in [5.74, 6) is -0.979. The van der Waals surface area contributed by atoms with E-state index in [1.165, 1.54) is 18.2 Å². The van der Waals surface area contributed by atoms with Gasteiger partial charge in [0.2, 0.25) is 5.91 Å². The first-order chi connectivity index (χ1) is 15.7. The highest BCUT2D eigenvalue weighted by atomic mass is 35.5. The highest BCUT2D eigenvalue weighted by Gasteiger charge is 2.59. The number of thioether (sulfide) groups is 1. The van der Waals surface area contributed by atoms with Crippen LogP contribution in [-0.4, -0.2) is 43.6 Å². The standard InChI is InChI=1S/C22H20Cl2F6N2OS/c1-13-6-17(2-3-18(13)34-10-19(33)31-11-21(25,26)27)32-5-4-20(12-32,22(28,29)30)14-7-15(23)9-16(24)8-14/h2-3,6-9H,4-5,10-12H2,1H3,(H,31,33). The van der Waals surface area contributed by atoms with Crippen LogP contribution in [0.15, 0.2) is 41.3 Å². The number of hydrogen-bond acceptors (Lipinski definition) is 3. The normalized spacial score (nSPS) is 18.9. The Morgan fingerprint density at radius 3 is 2.29 bits per heavy atom. The van der Waals surface area contributed by atoms with Crippen LogP contribution in [-0.2, 0) is 10.2 Å². The third kappa shape index (κ3) is 6.26. The van der Waals surface area contributed by atoms with Crippen LogP contribution in [0.25, 0.3) is 0 Å². The second kappa shape index (κ2) is 10.1. The number of benzene rings is 2. The molecular formula is C22H20Cl2F6N2OS. The molecule has 1 unspecified atom stereocenters. The van der Waals surface area contributed by atoms with Gasteiger partial charge < -0.3 is 10.2 Å². The third-order valence-electron chi connectivity index (χ3n) is 5.60. The first-order valence-electron chi connectivity index (χ1n) is 10.1. The summed E-state index contributed by atoms with van der Waals surface area (Å²) >= 11 is 13.0. The molecule has 1 atom stereocenters. The van der Waals surface area contributed by atoms with Gasteiger partial charge in [0.25, 0.3) is 0 Å².